The molecule has 3 saturated carbocycles. The van der Waals surface area contributed by atoms with Crippen LogP contribution in [0, 0.1) is 0 Å². The van der Waals surface area contributed by atoms with Gasteiger partial charge in [0.2, 0.25) is 0 Å². The molecule has 12 heavy (non-hydrogen) atoms. The van der Waals surface area contributed by atoms with Gasteiger partial charge >= 0.3 is 0 Å². The molecular formula is C11H18Si. The topological polar surface area (TPSA) is 0 Å². The van der Waals surface area contributed by atoms with Gasteiger partial charge in [-0.15, -0.1) is 12.3 Å². The van der Waals surface area contributed by atoms with Crippen molar-refractivity contribution in [1.29, 1.82) is 0 Å². The minimum absolute atomic E-state index is 0.904. The molecule has 0 aromatic rings. The molecule has 66 valence electrons. The summed E-state index contributed by atoms with van der Waals surface area (Å²) in [5, 5.41) is 0. The van der Waals surface area contributed by atoms with Gasteiger partial charge in [0.15, 0.2) is 0 Å². The van der Waals surface area contributed by atoms with Crippen LogP contribution < -0.4 is 0 Å². The minimum atomic E-state index is -0.904. The molecule has 0 nitrogen and oxygen atoms in total. The highest BCUT2D eigenvalue weighted by atomic mass is 28.3. The normalized spacial score (nSPS) is 30.3. The molecule has 0 aromatic heterocycles. The van der Waals surface area contributed by atoms with E-state index >= 15 is 0 Å². The maximum absolute atomic E-state index is 4.18. The van der Waals surface area contributed by atoms with Gasteiger partial charge in [-0.2, -0.15) is 0 Å². The summed E-state index contributed by atoms with van der Waals surface area (Å²) in [5.41, 5.74) is 6.06. The zero-order valence-corrected chi connectivity index (χ0v) is 8.76. The first kappa shape index (κ1) is 7.37. The van der Waals surface area contributed by atoms with Crippen LogP contribution in [-0.4, -0.2) is 8.07 Å². The summed E-state index contributed by atoms with van der Waals surface area (Å²) in [4.78, 5) is 0. The quantitative estimate of drug-likeness (QED) is 0.576. The van der Waals surface area contributed by atoms with Gasteiger partial charge in [0.1, 0.15) is 0 Å². The van der Waals surface area contributed by atoms with Crippen molar-refractivity contribution in [3.05, 3.63) is 12.3 Å². The first-order valence-electron chi connectivity index (χ1n) is 5.51. The molecule has 0 aromatic carbocycles. The lowest BCUT2D eigenvalue weighted by molar-refractivity contribution is 1.13. The fraction of sp³-hybridized carbons (Fsp3) is 0.818. The van der Waals surface area contributed by atoms with Crippen LogP contribution in [0.4, 0.5) is 0 Å². The molecule has 0 N–H and O–H groups in total. The monoisotopic (exact) mass is 178 g/mol. The maximum Gasteiger partial charge on any atom is 0.0862 e. The summed E-state index contributed by atoms with van der Waals surface area (Å²) in [7, 11) is -0.904. The molecule has 3 aliphatic carbocycles. The smallest absolute Gasteiger partial charge is 0.0862 e. The Morgan fingerprint density at radius 1 is 0.833 bits per heavy atom. The SMILES string of the molecule is C=C[Si](C1CC1)(C1CC1)C1CC1. The van der Waals surface area contributed by atoms with E-state index in [9.17, 15) is 0 Å². The van der Waals surface area contributed by atoms with Crippen LogP contribution in [0.5, 0.6) is 0 Å². The molecule has 3 aliphatic rings. The Kier molecular flexibility index (Phi) is 1.38. The van der Waals surface area contributed by atoms with Crippen LogP contribution in [0.25, 0.3) is 0 Å². The summed E-state index contributed by atoms with van der Waals surface area (Å²) >= 11 is 0. The molecule has 0 heterocycles. The lowest BCUT2D eigenvalue weighted by Crippen LogP contribution is -2.33. The van der Waals surface area contributed by atoms with Crippen LogP contribution in [0.3, 0.4) is 0 Å². The number of rotatable bonds is 4. The summed E-state index contributed by atoms with van der Waals surface area (Å²) in [6, 6.07) is 0. The minimum Gasteiger partial charge on any atom is -0.107 e. The second-order valence-electron chi connectivity index (χ2n) is 5.03. The van der Waals surface area contributed by atoms with E-state index in [0.717, 1.165) is 0 Å². The molecule has 0 saturated heterocycles. The Balaban J connectivity index is 1.89. The standard InChI is InChI=1S/C11H18Si/c1-2-12(9-3-4-9,10-5-6-10)11-7-8-11/h2,9-11H,1,3-8H2. The predicted molar refractivity (Wildman–Crippen MR) is 54.9 cm³/mol. The van der Waals surface area contributed by atoms with Crippen molar-refractivity contribution in [2.75, 3.05) is 0 Å². The average Bonchev–Trinajstić information content (AvgIpc) is 2.94. The van der Waals surface area contributed by atoms with Crippen molar-refractivity contribution in [2.45, 2.75) is 55.1 Å². The van der Waals surface area contributed by atoms with E-state index in [4.69, 9.17) is 0 Å². The molecule has 0 unspecified atom stereocenters. The second kappa shape index (κ2) is 2.25. The molecule has 3 fully saturated rings. The van der Waals surface area contributed by atoms with Gasteiger partial charge in [-0.25, -0.2) is 0 Å². The van der Waals surface area contributed by atoms with Crippen molar-refractivity contribution in [3.8, 4) is 0 Å². The average molecular weight is 178 g/mol. The van der Waals surface area contributed by atoms with Gasteiger partial charge in [-0.1, -0.05) is 38.5 Å². The third-order valence-electron chi connectivity index (χ3n) is 4.21. The van der Waals surface area contributed by atoms with E-state index < -0.39 is 8.07 Å². The zero-order valence-electron chi connectivity index (χ0n) is 7.76. The van der Waals surface area contributed by atoms with E-state index in [1.807, 2.05) is 0 Å². The highest BCUT2D eigenvalue weighted by Gasteiger charge is 2.60. The van der Waals surface area contributed by atoms with Crippen molar-refractivity contribution >= 4 is 8.07 Å². The fourth-order valence-corrected chi connectivity index (χ4v) is 9.75. The molecule has 3 rings (SSSR count). The van der Waals surface area contributed by atoms with Crippen molar-refractivity contribution in [2.24, 2.45) is 0 Å². The molecule has 0 atom stereocenters. The highest BCUT2D eigenvalue weighted by Crippen LogP contribution is 2.68. The summed E-state index contributed by atoms with van der Waals surface area (Å²) in [6.45, 7) is 4.18. The summed E-state index contributed by atoms with van der Waals surface area (Å²) in [5.74, 6) is 0. The Morgan fingerprint density at radius 2 is 1.17 bits per heavy atom. The fourth-order valence-electron chi connectivity index (χ4n) is 3.25. The summed E-state index contributed by atoms with van der Waals surface area (Å²) < 4.78 is 0. The van der Waals surface area contributed by atoms with Gasteiger partial charge in [0.25, 0.3) is 0 Å². The van der Waals surface area contributed by atoms with Crippen LogP contribution in [-0.2, 0) is 0 Å². The van der Waals surface area contributed by atoms with Crippen LogP contribution in [0.1, 0.15) is 38.5 Å². The molecule has 0 radical (unpaired) electrons. The van der Waals surface area contributed by atoms with Crippen LogP contribution in [0.15, 0.2) is 12.3 Å². The van der Waals surface area contributed by atoms with Gasteiger partial charge in [-0.05, 0) is 16.6 Å². The van der Waals surface area contributed by atoms with Crippen LogP contribution in [0.2, 0.25) is 16.6 Å². The molecular weight excluding hydrogens is 160 g/mol. The highest BCUT2D eigenvalue weighted by molar-refractivity contribution is 6.90. The second-order valence-corrected chi connectivity index (χ2v) is 9.88. The lowest BCUT2D eigenvalue weighted by Gasteiger charge is -2.28. The Labute approximate surface area is 76.1 Å². The van der Waals surface area contributed by atoms with E-state index in [1.165, 1.54) is 16.6 Å². The van der Waals surface area contributed by atoms with Gasteiger partial charge in [0, 0.05) is 0 Å². The van der Waals surface area contributed by atoms with E-state index in [2.05, 4.69) is 12.3 Å². The molecule has 0 amide bonds. The largest absolute Gasteiger partial charge is 0.107 e. The van der Waals surface area contributed by atoms with Crippen LogP contribution >= 0.6 is 0 Å². The Bertz CT molecular complexity index is 178. The number of hydrogen-bond donors (Lipinski definition) is 0. The van der Waals surface area contributed by atoms with E-state index in [0.29, 0.717) is 0 Å². The maximum atomic E-state index is 4.18. The first-order valence-corrected chi connectivity index (χ1v) is 7.82. The van der Waals surface area contributed by atoms with Gasteiger partial charge in [0.05, 0.1) is 8.07 Å². The van der Waals surface area contributed by atoms with Gasteiger partial charge < -0.3 is 0 Å². The Morgan fingerprint density at radius 3 is 1.33 bits per heavy atom. The van der Waals surface area contributed by atoms with Crippen molar-refractivity contribution in [3.63, 3.8) is 0 Å². The molecule has 0 spiro atoms. The first-order chi connectivity index (χ1) is 5.88. The van der Waals surface area contributed by atoms with E-state index in [-0.39, 0.29) is 0 Å². The molecule has 0 bridgehead atoms. The summed E-state index contributed by atoms with van der Waals surface area (Å²) in [6.07, 6.45) is 9.36. The molecule has 0 aliphatic heterocycles. The van der Waals surface area contributed by atoms with Crippen molar-refractivity contribution in [1.82, 2.24) is 0 Å². The molecule has 1 heteroatoms. The van der Waals surface area contributed by atoms with Gasteiger partial charge in [-0.3, -0.25) is 0 Å². The van der Waals surface area contributed by atoms with E-state index in [1.54, 1.807) is 38.5 Å². The Hall–Kier alpha value is -0.0431. The third-order valence-corrected chi connectivity index (χ3v) is 10.9. The zero-order chi connectivity index (χ0) is 8.18. The van der Waals surface area contributed by atoms with Crippen molar-refractivity contribution < 1.29 is 0 Å². The lowest BCUT2D eigenvalue weighted by atomic mass is 10.9. The third kappa shape index (κ3) is 0.890. The number of hydrogen-bond acceptors (Lipinski definition) is 0. The predicted octanol–water partition coefficient (Wildman–Crippen LogP) is 3.65.